The van der Waals surface area contributed by atoms with Crippen molar-refractivity contribution in [1.29, 1.82) is 0 Å². The molecule has 0 unspecified atom stereocenters. The van der Waals surface area contributed by atoms with Crippen LogP contribution in [-0.2, 0) is 4.79 Å². The average molecular weight is 372 g/mol. The van der Waals surface area contributed by atoms with Crippen molar-refractivity contribution in [1.82, 2.24) is 4.90 Å². The van der Waals surface area contributed by atoms with E-state index in [2.05, 4.69) is 4.90 Å². The Morgan fingerprint density at radius 1 is 0.963 bits per heavy atom. The molecule has 0 radical (unpaired) electrons. The summed E-state index contributed by atoms with van der Waals surface area (Å²) in [6.45, 7) is 2.72. The highest BCUT2D eigenvalue weighted by Gasteiger charge is 2.22. The lowest BCUT2D eigenvalue weighted by Gasteiger charge is -2.36. The van der Waals surface area contributed by atoms with E-state index in [1.807, 2.05) is 18.2 Å². The third kappa shape index (κ3) is 4.55. The molecule has 27 heavy (non-hydrogen) atoms. The molecule has 1 fully saturated rings. The van der Waals surface area contributed by atoms with Crippen LogP contribution in [0.4, 0.5) is 5.69 Å². The van der Waals surface area contributed by atoms with Gasteiger partial charge in [0, 0.05) is 37.9 Å². The summed E-state index contributed by atoms with van der Waals surface area (Å²) >= 11 is 0. The number of hydrogen-bond acceptors (Lipinski definition) is 6. The number of carbonyl (C=O) groups excluding carboxylic acids is 1. The van der Waals surface area contributed by atoms with E-state index in [0.717, 1.165) is 18.8 Å². The highest BCUT2D eigenvalue weighted by molar-refractivity contribution is 5.78. The number of phenolic OH excluding ortho intramolecular Hbond substituents is 1. The van der Waals surface area contributed by atoms with Gasteiger partial charge in [-0.15, -0.1) is 0 Å². The summed E-state index contributed by atoms with van der Waals surface area (Å²) in [7, 11) is 3.23. The topological polar surface area (TPSA) is 71.5 Å². The van der Waals surface area contributed by atoms with Crippen LogP contribution in [0.25, 0.3) is 0 Å². The minimum Gasteiger partial charge on any atom is -0.508 e. The minimum atomic E-state index is -0.0463. The average Bonchev–Trinajstić information content (AvgIpc) is 2.72. The summed E-state index contributed by atoms with van der Waals surface area (Å²) in [6.07, 6.45) is 0. The van der Waals surface area contributed by atoms with Crippen molar-refractivity contribution < 1.29 is 24.1 Å². The molecule has 1 amide bonds. The third-order valence-electron chi connectivity index (χ3n) is 4.56. The number of amides is 1. The van der Waals surface area contributed by atoms with E-state index in [-0.39, 0.29) is 18.3 Å². The fourth-order valence-corrected chi connectivity index (χ4v) is 3.01. The molecule has 3 rings (SSSR count). The Labute approximate surface area is 158 Å². The van der Waals surface area contributed by atoms with E-state index < -0.39 is 0 Å². The number of piperazine rings is 1. The lowest BCUT2D eigenvalue weighted by atomic mass is 10.2. The van der Waals surface area contributed by atoms with Crippen LogP contribution in [-0.4, -0.2) is 62.9 Å². The van der Waals surface area contributed by atoms with Gasteiger partial charge in [-0.05, 0) is 36.4 Å². The largest absolute Gasteiger partial charge is 0.508 e. The van der Waals surface area contributed by atoms with Crippen LogP contribution in [0, 0.1) is 0 Å². The van der Waals surface area contributed by atoms with Crippen molar-refractivity contribution in [3.05, 3.63) is 42.5 Å². The second kappa shape index (κ2) is 8.53. The van der Waals surface area contributed by atoms with Crippen molar-refractivity contribution in [3.63, 3.8) is 0 Å². The zero-order valence-electron chi connectivity index (χ0n) is 15.6. The Balaban J connectivity index is 1.52. The molecule has 7 heteroatoms. The Bertz CT molecular complexity index is 770. The molecule has 1 aliphatic rings. The number of anilines is 1. The first-order valence-corrected chi connectivity index (χ1v) is 8.77. The summed E-state index contributed by atoms with van der Waals surface area (Å²) < 4.78 is 16.1. The van der Waals surface area contributed by atoms with Crippen molar-refractivity contribution in [2.45, 2.75) is 0 Å². The highest BCUT2D eigenvalue weighted by atomic mass is 16.5. The molecule has 144 valence electrons. The molecule has 0 spiro atoms. The van der Waals surface area contributed by atoms with Gasteiger partial charge in [0.15, 0.2) is 18.1 Å². The van der Waals surface area contributed by atoms with Gasteiger partial charge < -0.3 is 29.1 Å². The van der Waals surface area contributed by atoms with E-state index >= 15 is 0 Å². The molecule has 1 aliphatic heterocycles. The molecule has 0 saturated carbocycles. The second-order valence-electron chi connectivity index (χ2n) is 6.19. The van der Waals surface area contributed by atoms with Crippen LogP contribution >= 0.6 is 0 Å². The molecule has 0 atom stereocenters. The Hall–Kier alpha value is -3.09. The number of rotatable bonds is 6. The summed E-state index contributed by atoms with van der Waals surface area (Å²) in [5.74, 6) is 2.07. The number of nitrogens with zero attached hydrogens (tertiary/aromatic N) is 2. The lowest BCUT2D eigenvalue weighted by molar-refractivity contribution is -0.133. The Kier molecular flexibility index (Phi) is 5.90. The van der Waals surface area contributed by atoms with Crippen LogP contribution in [0.5, 0.6) is 23.0 Å². The van der Waals surface area contributed by atoms with Crippen molar-refractivity contribution in [2.75, 3.05) is 51.9 Å². The van der Waals surface area contributed by atoms with Gasteiger partial charge in [0.05, 0.1) is 14.2 Å². The van der Waals surface area contributed by atoms with Gasteiger partial charge in [-0.2, -0.15) is 0 Å². The van der Waals surface area contributed by atoms with Gasteiger partial charge >= 0.3 is 0 Å². The van der Waals surface area contributed by atoms with Gasteiger partial charge in [-0.25, -0.2) is 0 Å². The summed E-state index contributed by atoms with van der Waals surface area (Å²) in [5, 5.41) is 9.27. The third-order valence-corrected chi connectivity index (χ3v) is 4.56. The Morgan fingerprint density at radius 3 is 2.26 bits per heavy atom. The molecular weight excluding hydrogens is 348 g/mol. The molecule has 1 saturated heterocycles. The SMILES string of the molecule is COc1ccc(N2CCN(C(=O)COc3ccc(O)cc3)CC2)cc1OC. The molecular formula is C20H24N2O5. The zero-order chi connectivity index (χ0) is 19.2. The van der Waals surface area contributed by atoms with Gasteiger partial charge in [0.1, 0.15) is 11.5 Å². The van der Waals surface area contributed by atoms with Gasteiger partial charge in [-0.1, -0.05) is 0 Å². The molecule has 0 aromatic heterocycles. The van der Waals surface area contributed by atoms with E-state index in [1.54, 1.807) is 31.3 Å². The first kappa shape index (κ1) is 18.7. The fourth-order valence-electron chi connectivity index (χ4n) is 3.01. The first-order valence-electron chi connectivity index (χ1n) is 8.77. The summed E-state index contributed by atoms with van der Waals surface area (Å²) in [6, 6.07) is 12.2. The van der Waals surface area contributed by atoms with E-state index in [9.17, 15) is 9.90 Å². The normalized spacial score (nSPS) is 14.0. The fraction of sp³-hybridized carbons (Fsp3) is 0.350. The smallest absolute Gasteiger partial charge is 0.260 e. The van der Waals surface area contributed by atoms with E-state index in [4.69, 9.17) is 14.2 Å². The quantitative estimate of drug-likeness (QED) is 0.838. The molecule has 1 N–H and O–H groups in total. The number of aromatic hydroxyl groups is 1. The molecule has 2 aromatic carbocycles. The van der Waals surface area contributed by atoms with Crippen LogP contribution in [0.2, 0.25) is 0 Å². The number of phenols is 1. The number of benzene rings is 2. The van der Waals surface area contributed by atoms with E-state index in [1.165, 1.54) is 12.1 Å². The van der Waals surface area contributed by atoms with Crippen LogP contribution < -0.4 is 19.1 Å². The monoisotopic (exact) mass is 372 g/mol. The number of ether oxygens (including phenoxy) is 3. The molecule has 0 bridgehead atoms. The first-order chi connectivity index (χ1) is 13.1. The number of methoxy groups -OCH3 is 2. The summed E-state index contributed by atoms with van der Waals surface area (Å²) in [4.78, 5) is 16.4. The maximum Gasteiger partial charge on any atom is 0.260 e. The summed E-state index contributed by atoms with van der Waals surface area (Å²) in [5.41, 5.74) is 1.04. The molecule has 2 aromatic rings. The molecule has 7 nitrogen and oxygen atoms in total. The second-order valence-corrected chi connectivity index (χ2v) is 6.19. The Morgan fingerprint density at radius 2 is 1.63 bits per heavy atom. The van der Waals surface area contributed by atoms with Crippen molar-refractivity contribution >= 4 is 11.6 Å². The highest BCUT2D eigenvalue weighted by Crippen LogP contribution is 2.31. The predicted octanol–water partition coefficient (Wildman–Crippen LogP) is 2.14. The predicted molar refractivity (Wildman–Crippen MR) is 102 cm³/mol. The number of carbonyl (C=O) groups is 1. The standard InChI is InChI=1S/C20H24N2O5/c1-25-18-8-3-15(13-19(18)26-2)21-9-11-22(12-10-21)20(24)14-27-17-6-4-16(23)5-7-17/h3-8,13,23H,9-12,14H2,1-2H3. The van der Waals surface area contributed by atoms with Crippen molar-refractivity contribution in [3.8, 4) is 23.0 Å². The minimum absolute atomic E-state index is 0.0128. The maximum absolute atomic E-state index is 12.4. The lowest BCUT2D eigenvalue weighted by Crippen LogP contribution is -2.50. The van der Waals surface area contributed by atoms with Crippen molar-refractivity contribution in [2.24, 2.45) is 0 Å². The molecule has 1 heterocycles. The maximum atomic E-state index is 12.4. The number of hydrogen-bond donors (Lipinski definition) is 1. The van der Waals surface area contributed by atoms with Crippen LogP contribution in [0.1, 0.15) is 0 Å². The van der Waals surface area contributed by atoms with Crippen LogP contribution in [0.3, 0.4) is 0 Å². The molecule has 0 aliphatic carbocycles. The zero-order valence-corrected chi connectivity index (χ0v) is 15.6. The van der Waals surface area contributed by atoms with E-state index in [0.29, 0.717) is 30.3 Å². The van der Waals surface area contributed by atoms with Gasteiger partial charge in [-0.3, -0.25) is 4.79 Å². The van der Waals surface area contributed by atoms with Crippen LogP contribution in [0.15, 0.2) is 42.5 Å². The van der Waals surface area contributed by atoms with Gasteiger partial charge in [0.25, 0.3) is 5.91 Å². The van der Waals surface area contributed by atoms with Gasteiger partial charge in [0.2, 0.25) is 0 Å².